The summed E-state index contributed by atoms with van der Waals surface area (Å²) in [5.41, 5.74) is -1.08. The third-order valence-corrected chi connectivity index (χ3v) is 7.97. The standard InChI is InChI=1S/C25H36F2N4O4/c1-23(2,3)19(30-22(35)25(6,26)27)21(34)31-12-15-17(24(15,4)5)18(31)20(33)29-14(11-28)10-13-8-7-9-16(13)32/h13-15,17-19H,7-10,12H2,1-6H3,(H,29,33)(H,30,35)/t13-,14+,15-,17-,18-,19+/m0/s1. The van der Waals surface area contributed by atoms with Gasteiger partial charge in [-0.05, 0) is 41.9 Å². The molecule has 0 bridgehead atoms. The highest BCUT2D eigenvalue weighted by molar-refractivity contribution is 5.95. The molecule has 1 heterocycles. The van der Waals surface area contributed by atoms with E-state index in [4.69, 9.17) is 0 Å². The van der Waals surface area contributed by atoms with E-state index < -0.39 is 47.2 Å². The van der Waals surface area contributed by atoms with Crippen molar-refractivity contribution in [3.63, 3.8) is 0 Å². The van der Waals surface area contributed by atoms with Crippen LogP contribution in [0.15, 0.2) is 0 Å². The van der Waals surface area contributed by atoms with E-state index in [0.29, 0.717) is 19.8 Å². The number of Topliss-reactive ketones (excluding diaryl/α,β-unsaturated/α-hetero) is 1. The lowest BCUT2D eigenvalue weighted by Gasteiger charge is -2.38. The molecule has 3 aliphatic rings. The van der Waals surface area contributed by atoms with Crippen LogP contribution in [0.3, 0.4) is 0 Å². The van der Waals surface area contributed by atoms with Crippen LogP contribution in [0.5, 0.6) is 0 Å². The predicted molar refractivity (Wildman–Crippen MR) is 123 cm³/mol. The van der Waals surface area contributed by atoms with Gasteiger partial charge in [0.1, 0.15) is 23.9 Å². The molecule has 2 N–H and O–H groups in total. The maximum atomic E-state index is 13.6. The van der Waals surface area contributed by atoms with E-state index in [9.17, 15) is 33.2 Å². The number of carbonyl (C=O) groups is 4. The average Bonchev–Trinajstić information content (AvgIpc) is 3.10. The smallest absolute Gasteiger partial charge is 0.321 e. The van der Waals surface area contributed by atoms with Crippen molar-refractivity contribution in [1.29, 1.82) is 5.26 Å². The fourth-order valence-electron chi connectivity index (χ4n) is 5.71. The summed E-state index contributed by atoms with van der Waals surface area (Å²) in [6.45, 7) is 9.71. The molecule has 0 radical (unpaired) electrons. The van der Waals surface area contributed by atoms with Crippen LogP contribution in [0.2, 0.25) is 0 Å². The summed E-state index contributed by atoms with van der Waals surface area (Å²) in [5, 5.41) is 14.5. The fraction of sp³-hybridized carbons (Fsp3) is 0.800. The third-order valence-electron chi connectivity index (χ3n) is 7.97. The van der Waals surface area contributed by atoms with Crippen LogP contribution in [0.25, 0.3) is 0 Å². The first-order chi connectivity index (χ1) is 16.0. The Bertz CT molecular complexity index is 947. The summed E-state index contributed by atoms with van der Waals surface area (Å²) in [7, 11) is 0. The molecule has 10 heteroatoms. The number of hydrogen-bond donors (Lipinski definition) is 2. The topological polar surface area (TPSA) is 119 Å². The summed E-state index contributed by atoms with van der Waals surface area (Å²) >= 11 is 0. The van der Waals surface area contributed by atoms with Gasteiger partial charge in [0.2, 0.25) is 11.8 Å². The van der Waals surface area contributed by atoms with Gasteiger partial charge in [-0.15, -0.1) is 0 Å². The largest absolute Gasteiger partial charge is 0.339 e. The minimum absolute atomic E-state index is 0.0445. The van der Waals surface area contributed by atoms with E-state index in [1.54, 1.807) is 20.8 Å². The highest BCUT2D eigenvalue weighted by Crippen LogP contribution is 2.65. The molecule has 35 heavy (non-hydrogen) atoms. The number of fused-ring (bicyclic) bond motifs is 1. The Morgan fingerprint density at radius 1 is 1.20 bits per heavy atom. The summed E-state index contributed by atoms with van der Waals surface area (Å²) in [5.74, 6) is -6.58. The van der Waals surface area contributed by atoms with E-state index >= 15 is 0 Å². The van der Waals surface area contributed by atoms with Gasteiger partial charge in [0, 0.05) is 25.8 Å². The minimum Gasteiger partial charge on any atom is -0.339 e. The monoisotopic (exact) mass is 494 g/mol. The van der Waals surface area contributed by atoms with Gasteiger partial charge in [-0.3, -0.25) is 19.2 Å². The van der Waals surface area contributed by atoms with E-state index in [1.807, 2.05) is 13.8 Å². The van der Waals surface area contributed by atoms with Gasteiger partial charge in [0.15, 0.2) is 0 Å². The van der Waals surface area contributed by atoms with Gasteiger partial charge in [-0.1, -0.05) is 34.6 Å². The van der Waals surface area contributed by atoms with E-state index in [1.165, 1.54) is 4.90 Å². The van der Waals surface area contributed by atoms with E-state index in [-0.39, 0.29) is 41.9 Å². The van der Waals surface area contributed by atoms with Crippen LogP contribution in [0.4, 0.5) is 8.78 Å². The molecule has 3 rings (SSSR count). The maximum absolute atomic E-state index is 13.6. The molecule has 2 aliphatic carbocycles. The van der Waals surface area contributed by atoms with Gasteiger partial charge >= 0.3 is 5.92 Å². The molecule has 3 fully saturated rings. The predicted octanol–water partition coefficient (Wildman–Crippen LogP) is 2.42. The number of amides is 3. The van der Waals surface area contributed by atoms with Crippen molar-refractivity contribution in [3.05, 3.63) is 0 Å². The molecule has 0 aromatic carbocycles. The number of likely N-dealkylation sites (tertiary alicyclic amines) is 1. The first-order valence-corrected chi connectivity index (χ1v) is 12.2. The molecule has 0 unspecified atom stereocenters. The van der Waals surface area contributed by atoms with Crippen molar-refractivity contribution in [3.8, 4) is 6.07 Å². The summed E-state index contributed by atoms with van der Waals surface area (Å²) in [6, 6.07) is -0.964. The zero-order valence-corrected chi connectivity index (χ0v) is 21.3. The number of piperidine rings is 1. The summed E-state index contributed by atoms with van der Waals surface area (Å²) in [6.07, 6.45) is 2.17. The molecule has 0 spiro atoms. The molecule has 0 aromatic heterocycles. The lowest BCUT2D eigenvalue weighted by atomic mass is 9.85. The zero-order chi connectivity index (χ0) is 26.5. The number of nitrogens with zero attached hydrogens (tertiary/aromatic N) is 2. The Labute approximate surface area is 205 Å². The number of carbonyl (C=O) groups excluding carboxylic acids is 4. The molecule has 194 valence electrons. The van der Waals surface area contributed by atoms with Crippen molar-refractivity contribution in [1.82, 2.24) is 15.5 Å². The lowest BCUT2D eigenvalue weighted by molar-refractivity contribution is -0.151. The third kappa shape index (κ3) is 5.34. The molecular weight excluding hydrogens is 458 g/mol. The van der Waals surface area contributed by atoms with Crippen molar-refractivity contribution in [2.75, 3.05) is 6.54 Å². The highest BCUT2D eigenvalue weighted by Gasteiger charge is 2.69. The van der Waals surface area contributed by atoms with Gasteiger partial charge in [0.05, 0.1) is 6.07 Å². The molecule has 0 aromatic rings. The molecule has 1 saturated heterocycles. The molecular formula is C25H36F2N4O4. The number of alkyl halides is 2. The number of nitriles is 1. The SMILES string of the molecule is CC(F)(F)C(=O)N[C@H](C(=O)N1C[C@H]2[C@@H]([C@H]1C(=O)N[C@@H](C#N)C[C@@H]1CCCC1=O)C2(C)C)C(C)(C)C. The van der Waals surface area contributed by atoms with E-state index in [2.05, 4.69) is 16.7 Å². The average molecular weight is 495 g/mol. The van der Waals surface area contributed by atoms with Crippen molar-refractivity contribution in [2.24, 2.45) is 28.6 Å². The number of nitrogens with one attached hydrogen (secondary N) is 2. The van der Waals surface area contributed by atoms with Crippen LogP contribution >= 0.6 is 0 Å². The van der Waals surface area contributed by atoms with Crippen LogP contribution in [-0.4, -0.2) is 59.0 Å². The maximum Gasteiger partial charge on any atom is 0.321 e. The Hall–Kier alpha value is -2.57. The molecule has 2 saturated carbocycles. The zero-order valence-electron chi connectivity index (χ0n) is 21.3. The molecule has 1 aliphatic heterocycles. The quantitative estimate of drug-likeness (QED) is 0.563. The summed E-state index contributed by atoms with van der Waals surface area (Å²) < 4.78 is 27.2. The second-order valence-electron chi connectivity index (χ2n) is 12.0. The number of halogens is 2. The van der Waals surface area contributed by atoms with Gasteiger partial charge < -0.3 is 15.5 Å². The number of hydrogen-bond acceptors (Lipinski definition) is 5. The lowest BCUT2D eigenvalue weighted by Crippen LogP contribution is -2.61. The normalized spacial score (nSPS) is 29.1. The van der Waals surface area contributed by atoms with Crippen LogP contribution in [0.1, 0.15) is 67.2 Å². The fourth-order valence-corrected chi connectivity index (χ4v) is 5.71. The van der Waals surface area contributed by atoms with Crippen LogP contribution in [0, 0.1) is 39.9 Å². The van der Waals surface area contributed by atoms with Gasteiger partial charge in [-0.2, -0.15) is 14.0 Å². The van der Waals surface area contributed by atoms with E-state index in [0.717, 1.165) is 6.42 Å². The minimum atomic E-state index is -3.66. The second kappa shape index (κ2) is 9.14. The second-order valence-corrected chi connectivity index (χ2v) is 12.0. The van der Waals surface area contributed by atoms with Crippen molar-refractivity contribution >= 4 is 23.5 Å². The number of rotatable bonds is 7. The summed E-state index contributed by atoms with van der Waals surface area (Å²) in [4.78, 5) is 52.4. The highest BCUT2D eigenvalue weighted by atomic mass is 19.3. The van der Waals surface area contributed by atoms with Crippen molar-refractivity contribution < 1.29 is 28.0 Å². The number of ketones is 1. The van der Waals surface area contributed by atoms with Crippen molar-refractivity contribution in [2.45, 2.75) is 91.3 Å². The Morgan fingerprint density at radius 3 is 2.31 bits per heavy atom. The molecule has 6 atom stereocenters. The van der Waals surface area contributed by atoms with Gasteiger partial charge in [-0.25, -0.2) is 0 Å². The van der Waals surface area contributed by atoms with Gasteiger partial charge in [0.25, 0.3) is 5.91 Å². The molecule has 3 amide bonds. The first kappa shape index (κ1) is 27.0. The first-order valence-electron chi connectivity index (χ1n) is 12.2. The Morgan fingerprint density at radius 2 is 1.83 bits per heavy atom. The Balaban J connectivity index is 1.81. The van der Waals surface area contributed by atoms with Crippen LogP contribution < -0.4 is 10.6 Å². The van der Waals surface area contributed by atoms with Crippen LogP contribution in [-0.2, 0) is 19.2 Å². The Kier molecular flexibility index (Phi) is 7.06. The molecule has 8 nitrogen and oxygen atoms in total.